The lowest BCUT2D eigenvalue weighted by molar-refractivity contribution is 0.883. The van der Waals surface area contributed by atoms with Gasteiger partial charge in [-0.2, -0.15) is 0 Å². The third kappa shape index (κ3) is 4.04. The molecular formula is C11H18N4S. The summed E-state index contributed by atoms with van der Waals surface area (Å²) in [4.78, 5) is 2.05. The van der Waals surface area contributed by atoms with Crippen LogP contribution in [0.25, 0.3) is 0 Å². The van der Waals surface area contributed by atoms with Crippen molar-refractivity contribution in [1.29, 1.82) is 0 Å². The second-order valence-corrected chi connectivity index (χ2v) is 4.02. The van der Waals surface area contributed by atoms with Crippen LogP contribution in [0, 0.1) is 0 Å². The molecule has 0 amide bonds. The Morgan fingerprint density at radius 2 is 1.94 bits per heavy atom. The van der Waals surface area contributed by atoms with Gasteiger partial charge in [0.05, 0.1) is 0 Å². The summed E-state index contributed by atoms with van der Waals surface area (Å²) < 4.78 is 0. The minimum atomic E-state index is 0.571. The highest BCUT2D eigenvalue weighted by atomic mass is 32.1. The molecule has 16 heavy (non-hydrogen) atoms. The van der Waals surface area contributed by atoms with Crippen LogP contribution in [0.1, 0.15) is 0 Å². The van der Waals surface area contributed by atoms with Crippen LogP contribution in [0.3, 0.4) is 0 Å². The highest BCUT2D eigenvalue weighted by Gasteiger charge is 1.98. The van der Waals surface area contributed by atoms with Gasteiger partial charge in [0.2, 0.25) is 0 Å². The first-order valence-electron chi connectivity index (χ1n) is 5.16. The summed E-state index contributed by atoms with van der Waals surface area (Å²) in [5, 5.41) is 6.69. The maximum atomic E-state index is 5.37. The summed E-state index contributed by atoms with van der Waals surface area (Å²) in [5.41, 5.74) is 7.50. The molecule has 0 aromatic heterocycles. The lowest BCUT2D eigenvalue weighted by Gasteiger charge is -2.14. The molecule has 0 bridgehead atoms. The highest BCUT2D eigenvalue weighted by molar-refractivity contribution is 7.80. The van der Waals surface area contributed by atoms with Crippen LogP contribution in [0.2, 0.25) is 0 Å². The van der Waals surface area contributed by atoms with Gasteiger partial charge in [0.15, 0.2) is 5.11 Å². The molecule has 0 heterocycles. The van der Waals surface area contributed by atoms with Gasteiger partial charge in [-0.05, 0) is 36.5 Å². The Bertz CT molecular complexity index is 334. The summed E-state index contributed by atoms with van der Waals surface area (Å²) in [6.07, 6.45) is 0. The van der Waals surface area contributed by atoms with Crippen molar-refractivity contribution < 1.29 is 0 Å². The Labute approximate surface area is 102 Å². The molecule has 0 saturated carbocycles. The van der Waals surface area contributed by atoms with Crippen molar-refractivity contribution in [3.8, 4) is 0 Å². The van der Waals surface area contributed by atoms with Crippen molar-refractivity contribution in [2.75, 3.05) is 37.4 Å². The predicted octanol–water partition coefficient (Wildman–Crippen LogP) is 0.998. The van der Waals surface area contributed by atoms with E-state index < -0.39 is 0 Å². The van der Waals surface area contributed by atoms with Gasteiger partial charge in [0.25, 0.3) is 0 Å². The van der Waals surface area contributed by atoms with Crippen LogP contribution >= 0.6 is 12.2 Å². The van der Waals surface area contributed by atoms with Gasteiger partial charge < -0.3 is 21.3 Å². The summed E-state index contributed by atoms with van der Waals surface area (Å²) in [6, 6.07) is 8.05. The second-order valence-electron chi connectivity index (χ2n) is 3.61. The lowest BCUT2D eigenvalue weighted by Crippen LogP contribution is -2.32. The zero-order valence-corrected chi connectivity index (χ0v) is 10.5. The highest BCUT2D eigenvalue weighted by Crippen LogP contribution is 2.15. The van der Waals surface area contributed by atoms with Gasteiger partial charge in [-0.25, -0.2) is 0 Å². The molecule has 0 radical (unpaired) electrons. The predicted molar refractivity (Wildman–Crippen MR) is 74.0 cm³/mol. The van der Waals surface area contributed by atoms with E-state index in [1.54, 1.807) is 0 Å². The van der Waals surface area contributed by atoms with Crippen LogP contribution in [0.15, 0.2) is 24.3 Å². The van der Waals surface area contributed by atoms with Crippen molar-refractivity contribution in [1.82, 2.24) is 5.32 Å². The standard InChI is InChI=1S/C11H18N4S/c1-15(2)10-5-3-9(4-6-10)14-11(16)13-8-7-12/h3-6H,7-8,12H2,1-2H3,(H2,13,14,16). The fourth-order valence-electron chi connectivity index (χ4n) is 1.20. The Balaban J connectivity index is 2.51. The Hall–Kier alpha value is -1.33. The fraction of sp³-hybridized carbons (Fsp3) is 0.364. The van der Waals surface area contributed by atoms with E-state index in [-0.39, 0.29) is 0 Å². The number of thiocarbonyl (C=S) groups is 1. The molecule has 5 heteroatoms. The smallest absolute Gasteiger partial charge is 0.170 e. The number of hydrogen-bond donors (Lipinski definition) is 3. The van der Waals surface area contributed by atoms with Gasteiger partial charge in [-0.1, -0.05) is 0 Å². The van der Waals surface area contributed by atoms with Crippen molar-refractivity contribution >= 4 is 28.7 Å². The molecular weight excluding hydrogens is 220 g/mol. The third-order valence-corrected chi connectivity index (χ3v) is 2.32. The molecule has 0 aliphatic rings. The van der Waals surface area contributed by atoms with Crippen LogP contribution in [0.4, 0.5) is 11.4 Å². The first kappa shape index (κ1) is 12.7. The van der Waals surface area contributed by atoms with Gasteiger partial charge >= 0.3 is 0 Å². The summed E-state index contributed by atoms with van der Waals surface area (Å²) in [7, 11) is 4.02. The number of nitrogens with two attached hydrogens (primary N) is 1. The Morgan fingerprint density at radius 1 is 1.31 bits per heavy atom. The minimum absolute atomic E-state index is 0.571. The van der Waals surface area contributed by atoms with Crippen molar-refractivity contribution in [2.45, 2.75) is 0 Å². The molecule has 0 fully saturated rings. The van der Waals surface area contributed by atoms with E-state index in [0.29, 0.717) is 18.2 Å². The number of nitrogens with one attached hydrogen (secondary N) is 2. The van der Waals surface area contributed by atoms with Gasteiger partial charge in [0.1, 0.15) is 0 Å². The minimum Gasteiger partial charge on any atom is -0.378 e. The molecule has 4 nitrogen and oxygen atoms in total. The summed E-state index contributed by atoms with van der Waals surface area (Å²) >= 11 is 5.10. The second kappa shape index (κ2) is 6.30. The molecule has 88 valence electrons. The third-order valence-electron chi connectivity index (χ3n) is 2.07. The molecule has 0 aliphatic carbocycles. The first-order chi connectivity index (χ1) is 7.63. The average molecular weight is 238 g/mol. The van der Waals surface area contributed by atoms with E-state index in [9.17, 15) is 0 Å². The largest absolute Gasteiger partial charge is 0.378 e. The van der Waals surface area contributed by atoms with Crippen LogP contribution < -0.4 is 21.3 Å². The van der Waals surface area contributed by atoms with Crippen LogP contribution in [-0.2, 0) is 0 Å². The molecule has 0 spiro atoms. The van der Waals surface area contributed by atoms with Gasteiger partial charge in [0, 0.05) is 38.6 Å². The van der Waals surface area contributed by atoms with Gasteiger partial charge in [-0.15, -0.1) is 0 Å². The lowest BCUT2D eigenvalue weighted by atomic mass is 10.2. The first-order valence-corrected chi connectivity index (χ1v) is 5.56. The van der Waals surface area contributed by atoms with E-state index in [1.165, 1.54) is 0 Å². The van der Waals surface area contributed by atoms with Gasteiger partial charge in [-0.3, -0.25) is 0 Å². The molecule has 0 aliphatic heterocycles. The summed E-state index contributed by atoms with van der Waals surface area (Å²) in [6.45, 7) is 1.25. The van der Waals surface area contributed by atoms with Crippen molar-refractivity contribution in [2.24, 2.45) is 5.73 Å². The number of benzene rings is 1. The molecule has 4 N–H and O–H groups in total. The number of anilines is 2. The average Bonchev–Trinajstić information content (AvgIpc) is 2.27. The zero-order chi connectivity index (χ0) is 12.0. The topological polar surface area (TPSA) is 53.3 Å². The van der Waals surface area contributed by atoms with E-state index >= 15 is 0 Å². The Morgan fingerprint density at radius 3 is 2.44 bits per heavy atom. The normalized spacial score (nSPS) is 9.69. The number of nitrogens with zero attached hydrogens (tertiary/aromatic N) is 1. The van der Waals surface area contributed by atoms with E-state index in [1.807, 2.05) is 38.4 Å². The van der Waals surface area contributed by atoms with Crippen molar-refractivity contribution in [3.05, 3.63) is 24.3 Å². The van der Waals surface area contributed by atoms with E-state index in [4.69, 9.17) is 18.0 Å². The SMILES string of the molecule is CN(C)c1ccc(NC(=S)NCCN)cc1. The molecule has 1 aromatic rings. The molecule has 1 rings (SSSR count). The van der Waals surface area contributed by atoms with E-state index in [2.05, 4.69) is 15.5 Å². The molecule has 1 aromatic carbocycles. The summed E-state index contributed by atoms with van der Waals surface area (Å²) in [5.74, 6) is 0. The van der Waals surface area contributed by atoms with E-state index in [0.717, 1.165) is 11.4 Å². The number of hydrogen-bond acceptors (Lipinski definition) is 3. The fourth-order valence-corrected chi connectivity index (χ4v) is 1.42. The maximum Gasteiger partial charge on any atom is 0.170 e. The van der Waals surface area contributed by atoms with Crippen molar-refractivity contribution in [3.63, 3.8) is 0 Å². The zero-order valence-electron chi connectivity index (χ0n) is 9.66. The monoisotopic (exact) mass is 238 g/mol. The Kier molecular flexibility index (Phi) is 5.01. The maximum absolute atomic E-state index is 5.37. The number of rotatable bonds is 4. The van der Waals surface area contributed by atoms with Crippen LogP contribution in [0.5, 0.6) is 0 Å². The van der Waals surface area contributed by atoms with Crippen LogP contribution in [-0.4, -0.2) is 32.3 Å². The quantitative estimate of drug-likeness (QED) is 0.683. The molecule has 0 unspecified atom stereocenters. The molecule has 0 atom stereocenters. The molecule has 0 saturated heterocycles.